The quantitative estimate of drug-likeness (QED) is 0.354. The van der Waals surface area contributed by atoms with Crippen LogP contribution in [0.1, 0.15) is 28.0 Å². The zero-order chi connectivity index (χ0) is 12.5. The Morgan fingerprint density at radius 3 is 2.31 bits per heavy atom. The SMILES string of the molecule is O=Cc1c(C(F)(F)F)cc(I)nc1C(F)F. The highest BCUT2D eigenvalue weighted by Gasteiger charge is 2.36. The molecule has 1 heterocycles. The molecule has 0 saturated carbocycles. The van der Waals surface area contributed by atoms with Crippen molar-refractivity contribution in [2.24, 2.45) is 0 Å². The first kappa shape index (κ1) is 13.3. The Bertz CT molecular complexity index is 418. The number of nitrogens with zero attached hydrogens (tertiary/aromatic N) is 1. The van der Waals surface area contributed by atoms with Crippen LogP contribution in [0.4, 0.5) is 22.0 Å². The third-order valence-electron chi connectivity index (χ3n) is 1.69. The molecule has 0 aliphatic heterocycles. The zero-order valence-corrected chi connectivity index (χ0v) is 9.51. The molecular weight excluding hydrogens is 348 g/mol. The second-order valence-electron chi connectivity index (χ2n) is 2.71. The summed E-state index contributed by atoms with van der Waals surface area (Å²) in [4.78, 5) is 13.7. The van der Waals surface area contributed by atoms with E-state index in [0.29, 0.717) is 6.07 Å². The second kappa shape index (κ2) is 4.60. The van der Waals surface area contributed by atoms with E-state index >= 15 is 0 Å². The van der Waals surface area contributed by atoms with Gasteiger partial charge in [-0.3, -0.25) is 4.79 Å². The molecule has 0 fully saturated rings. The van der Waals surface area contributed by atoms with Crippen molar-refractivity contribution in [2.45, 2.75) is 12.6 Å². The summed E-state index contributed by atoms with van der Waals surface area (Å²) in [5.41, 5.74) is -3.64. The molecule has 0 bridgehead atoms. The van der Waals surface area contributed by atoms with Crippen LogP contribution >= 0.6 is 22.6 Å². The van der Waals surface area contributed by atoms with Crippen LogP contribution in [0, 0.1) is 3.70 Å². The van der Waals surface area contributed by atoms with Crippen molar-refractivity contribution < 1.29 is 26.7 Å². The number of hydrogen-bond donors (Lipinski definition) is 0. The van der Waals surface area contributed by atoms with Gasteiger partial charge >= 0.3 is 6.18 Å². The van der Waals surface area contributed by atoms with Crippen LogP contribution in [-0.4, -0.2) is 11.3 Å². The second-order valence-corrected chi connectivity index (χ2v) is 3.81. The van der Waals surface area contributed by atoms with Crippen molar-refractivity contribution in [3.8, 4) is 0 Å². The van der Waals surface area contributed by atoms with Crippen LogP contribution in [0.15, 0.2) is 6.07 Å². The van der Waals surface area contributed by atoms with Crippen molar-refractivity contribution >= 4 is 28.9 Å². The Balaban J connectivity index is 3.55. The van der Waals surface area contributed by atoms with Gasteiger partial charge in [0, 0.05) is 0 Å². The molecule has 0 aliphatic rings. The minimum absolute atomic E-state index is 0.245. The molecule has 1 aromatic heterocycles. The Labute approximate surface area is 100.0 Å². The van der Waals surface area contributed by atoms with Gasteiger partial charge in [0.05, 0.1) is 11.1 Å². The molecule has 1 aromatic rings. The minimum atomic E-state index is -4.86. The molecule has 0 aromatic carbocycles. The third-order valence-corrected chi connectivity index (χ3v) is 2.24. The monoisotopic (exact) mass is 351 g/mol. The fourth-order valence-electron chi connectivity index (χ4n) is 1.07. The summed E-state index contributed by atoms with van der Waals surface area (Å²) >= 11 is 1.38. The van der Waals surface area contributed by atoms with E-state index in [1.807, 2.05) is 0 Å². The Kier molecular flexibility index (Phi) is 3.81. The summed E-state index contributed by atoms with van der Waals surface area (Å²) in [6.07, 6.45) is -8.34. The van der Waals surface area contributed by atoms with E-state index in [0.717, 1.165) is 0 Å². The van der Waals surface area contributed by atoms with E-state index in [4.69, 9.17) is 0 Å². The summed E-state index contributed by atoms with van der Waals surface area (Å²) in [5.74, 6) is 0. The summed E-state index contributed by atoms with van der Waals surface area (Å²) in [5, 5.41) is 0. The third kappa shape index (κ3) is 2.66. The van der Waals surface area contributed by atoms with E-state index in [1.54, 1.807) is 0 Å². The maximum Gasteiger partial charge on any atom is 0.417 e. The van der Waals surface area contributed by atoms with Crippen LogP contribution < -0.4 is 0 Å². The normalized spacial score (nSPS) is 11.9. The number of rotatable bonds is 2. The standard InChI is InChI=1S/C8H3F5INO/c9-7(10)6-3(2-16)4(8(11,12)13)1-5(14)15-6/h1-2,7H. The van der Waals surface area contributed by atoms with Gasteiger partial charge in [0.1, 0.15) is 9.39 Å². The van der Waals surface area contributed by atoms with E-state index in [9.17, 15) is 26.7 Å². The summed E-state index contributed by atoms with van der Waals surface area (Å²) in [7, 11) is 0. The van der Waals surface area contributed by atoms with Crippen molar-refractivity contribution in [2.75, 3.05) is 0 Å². The molecule has 0 amide bonds. The lowest BCUT2D eigenvalue weighted by atomic mass is 10.1. The van der Waals surface area contributed by atoms with Gasteiger partial charge in [0.25, 0.3) is 6.43 Å². The summed E-state index contributed by atoms with van der Waals surface area (Å²) in [6, 6.07) is 0.552. The molecule has 0 spiro atoms. The zero-order valence-electron chi connectivity index (χ0n) is 7.36. The predicted octanol–water partition coefficient (Wildman–Crippen LogP) is 3.46. The van der Waals surface area contributed by atoms with Crippen LogP contribution in [0.3, 0.4) is 0 Å². The number of hydrogen-bond acceptors (Lipinski definition) is 2. The van der Waals surface area contributed by atoms with Gasteiger partial charge in [-0.25, -0.2) is 13.8 Å². The highest BCUT2D eigenvalue weighted by Crippen LogP contribution is 2.35. The van der Waals surface area contributed by atoms with Crippen LogP contribution in [0.25, 0.3) is 0 Å². The first-order valence-electron chi connectivity index (χ1n) is 3.78. The molecule has 0 radical (unpaired) electrons. The van der Waals surface area contributed by atoms with Gasteiger partial charge in [-0.05, 0) is 28.7 Å². The first-order chi connectivity index (χ1) is 7.27. The number of alkyl halides is 5. The first-order valence-corrected chi connectivity index (χ1v) is 4.86. The number of carbonyl (C=O) groups excluding carboxylic acids is 1. The summed E-state index contributed by atoms with van der Waals surface area (Å²) in [6.45, 7) is 0. The van der Waals surface area contributed by atoms with Crippen LogP contribution in [-0.2, 0) is 6.18 Å². The van der Waals surface area contributed by atoms with Crippen LogP contribution in [0.2, 0.25) is 0 Å². The van der Waals surface area contributed by atoms with Gasteiger partial charge in [-0.2, -0.15) is 13.2 Å². The average Bonchev–Trinajstić information content (AvgIpc) is 2.14. The Morgan fingerprint density at radius 2 is 1.94 bits per heavy atom. The van der Waals surface area contributed by atoms with E-state index < -0.39 is 29.4 Å². The smallest absolute Gasteiger partial charge is 0.298 e. The fourth-order valence-corrected chi connectivity index (χ4v) is 1.64. The number of pyridine rings is 1. The highest BCUT2D eigenvalue weighted by atomic mass is 127. The Morgan fingerprint density at radius 1 is 1.38 bits per heavy atom. The van der Waals surface area contributed by atoms with Gasteiger partial charge in [-0.1, -0.05) is 0 Å². The van der Waals surface area contributed by atoms with Crippen molar-refractivity contribution in [3.63, 3.8) is 0 Å². The molecule has 2 nitrogen and oxygen atoms in total. The average molecular weight is 351 g/mol. The molecule has 1 rings (SSSR count). The Hall–Kier alpha value is -0.800. The van der Waals surface area contributed by atoms with E-state index in [2.05, 4.69) is 4.98 Å². The molecule has 16 heavy (non-hydrogen) atoms. The predicted molar refractivity (Wildman–Crippen MR) is 52.3 cm³/mol. The fraction of sp³-hybridized carbons (Fsp3) is 0.250. The number of halogens is 6. The molecule has 8 heteroatoms. The van der Waals surface area contributed by atoms with E-state index in [-0.39, 0.29) is 9.99 Å². The lowest BCUT2D eigenvalue weighted by Crippen LogP contribution is -2.13. The lowest BCUT2D eigenvalue weighted by Gasteiger charge is -2.12. The lowest BCUT2D eigenvalue weighted by molar-refractivity contribution is -0.138. The van der Waals surface area contributed by atoms with Gasteiger partial charge in [0.15, 0.2) is 6.29 Å². The van der Waals surface area contributed by atoms with Gasteiger partial charge in [0.2, 0.25) is 0 Å². The maximum atomic E-state index is 12.4. The van der Waals surface area contributed by atoms with Gasteiger partial charge < -0.3 is 0 Å². The van der Waals surface area contributed by atoms with Gasteiger partial charge in [-0.15, -0.1) is 0 Å². The largest absolute Gasteiger partial charge is 0.417 e. The topological polar surface area (TPSA) is 30.0 Å². The molecule has 0 unspecified atom stereocenters. The molecule has 0 atom stereocenters. The molecule has 0 N–H and O–H groups in total. The molecule has 0 aliphatic carbocycles. The minimum Gasteiger partial charge on any atom is -0.298 e. The maximum absolute atomic E-state index is 12.4. The highest BCUT2D eigenvalue weighted by molar-refractivity contribution is 14.1. The molecule has 0 saturated heterocycles. The summed E-state index contributed by atoms with van der Waals surface area (Å²) < 4.78 is 61.8. The van der Waals surface area contributed by atoms with Crippen molar-refractivity contribution in [1.29, 1.82) is 0 Å². The molecular formula is C8H3F5INO. The number of carbonyl (C=O) groups is 1. The van der Waals surface area contributed by atoms with E-state index in [1.165, 1.54) is 22.6 Å². The molecule has 88 valence electrons. The number of aromatic nitrogens is 1. The van der Waals surface area contributed by atoms with Crippen LogP contribution in [0.5, 0.6) is 0 Å². The number of aldehydes is 1. The van der Waals surface area contributed by atoms with Crippen molar-refractivity contribution in [3.05, 3.63) is 26.6 Å². The van der Waals surface area contributed by atoms with Crippen molar-refractivity contribution in [1.82, 2.24) is 4.98 Å².